The van der Waals surface area contributed by atoms with E-state index < -0.39 is 27.6 Å². The van der Waals surface area contributed by atoms with Gasteiger partial charge in [-0.15, -0.1) is 4.98 Å². The minimum atomic E-state index is -5.19. The number of alkyl halides is 2. The van der Waals surface area contributed by atoms with Crippen LogP contribution in [0.25, 0.3) is 0 Å². The fourth-order valence-corrected chi connectivity index (χ4v) is 3.50. The molecule has 1 aromatic carbocycles. The number of carbonyl (C=O) groups excluding carboxylic acids is 1. The lowest BCUT2D eigenvalue weighted by atomic mass is 10.0. The van der Waals surface area contributed by atoms with Crippen molar-refractivity contribution in [3.05, 3.63) is 35.7 Å². The van der Waals surface area contributed by atoms with Gasteiger partial charge in [-0.05, 0) is 11.6 Å². The molecule has 12 heteroatoms. The van der Waals surface area contributed by atoms with Crippen LogP contribution in [0.2, 0.25) is 0 Å². The van der Waals surface area contributed by atoms with E-state index in [0.29, 0.717) is 0 Å². The van der Waals surface area contributed by atoms with Gasteiger partial charge in [0.15, 0.2) is 5.82 Å². The third-order valence-corrected chi connectivity index (χ3v) is 4.96. The van der Waals surface area contributed by atoms with E-state index in [0.717, 1.165) is 0 Å². The van der Waals surface area contributed by atoms with E-state index in [-0.39, 0.29) is 33.4 Å². The quantitative estimate of drug-likeness (QED) is 0.746. The summed E-state index contributed by atoms with van der Waals surface area (Å²) in [6.45, 7) is 0. The van der Waals surface area contributed by atoms with Gasteiger partial charge in [-0.25, -0.2) is 4.31 Å². The molecule has 26 heavy (non-hydrogen) atoms. The number of carbonyl (C=O) groups is 1. The molecule has 1 amide bonds. The second kappa shape index (κ2) is 6.44. The van der Waals surface area contributed by atoms with Gasteiger partial charge < -0.3 is 9.47 Å². The predicted octanol–water partition coefficient (Wildman–Crippen LogP) is 0.920. The normalized spacial score (nSPS) is 16.7. The SMILES string of the molecule is COc1nc(OC)nc(C2C(=O)N(S(=O)(=O)C(F)F)c3ccccc32)n1. The Morgan fingerprint density at radius 2 is 1.65 bits per heavy atom. The number of ether oxygens (including phenoxy) is 2. The molecule has 0 spiro atoms. The standard InChI is InChI=1S/C14H12F2N4O5S/c1-24-13-17-10(18-14(19-13)25-2)9-7-5-3-4-6-8(7)20(11(9)21)26(22,23)12(15)16/h3-6,9,12H,1-2H3. The molecular weight excluding hydrogens is 374 g/mol. The van der Waals surface area contributed by atoms with Crippen molar-refractivity contribution in [2.45, 2.75) is 11.7 Å². The molecule has 0 saturated heterocycles. The van der Waals surface area contributed by atoms with E-state index in [9.17, 15) is 22.0 Å². The average molecular weight is 386 g/mol. The first-order valence-electron chi connectivity index (χ1n) is 7.10. The Balaban J connectivity index is 2.20. The number of fused-ring (bicyclic) bond motifs is 1. The molecule has 1 aliphatic rings. The van der Waals surface area contributed by atoms with Gasteiger partial charge in [0.25, 0.3) is 5.91 Å². The molecule has 2 aromatic rings. The van der Waals surface area contributed by atoms with Crippen molar-refractivity contribution in [2.24, 2.45) is 0 Å². The van der Waals surface area contributed by atoms with Gasteiger partial charge in [0.2, 0.25) is 0 Å². The van der Waals surface area contributed by atoms with Crippen LogP contribution >= 0.6 is 0 Å². The second-order valence-electron chi connectivity index (χ2n) is 5.07. The summed E-state index contributed by atoms with van der Waals surface area (Å²) in [4.78, 5) is 24.4. The largest absolute Gasteiger partial charge is 0.467 e. The van der Waals surface area contributed by atoms with Gasteiger partial charge >= 0.3 is 27.8 Å². The van der Waals surface area contributed by atoms with Gasteiger partial charge in [0.1, 0.15) is 5.92 Å². The first kappa shape index (κ1) is 17.9. The summed E-state index contributed by atoms with van der Waals surface area (Å²) in [5, 5.41) is 0. The number of amides is 1. The summed E-state index contributed by atoms with van der Waals surface area (Å²) in [5.74, 6) is -6.40. The number of para-hydroxylation sites is 1. The molecule has 0 fully saturated rings. The molecule has 1 aromatic heterocycles. The maximum absolute atomic E-state index is 13.0. The third kappa shape index (κ3) is 2.71. The fourth-order valence-electron chi connectivity index (χ4n) is 2.54. The van der Waals surface area contributed by atoms with Crippen LogP contribution in [0.5, 0.6) is 12.0 Å². The molecule has 1 aliphatic heterocycles. The first-order chi connectivity index (χ1) is 12.3. The Morgan fingerprint density at radius 3 is 2.19 bits per heavy atom. The van der Waals surface area contributed by atoms with Gasteiger partial charge in [0.05, 0.1) is 19.9 Å². The van der Waals surface area contributed by atoms with Crippen molar-refractivity contribution >= 4 is 21.6 Å². The second-order valence-corrected chi connectivity index (χ2v) is 6.82. The molecule has 138 valence electrons. The Bertz CT molecular complexity index is 947. The summed E-state index contributed by atoms with van der Waals surface area (Å²) >= 11 is 0. The van der Waals surface area contributed by atoms with Crippen LogP contribution in [0.15, 0.2) is 24.3 Å². The number of anilines is 1. The highest BCUT2D eigenvalue weighted by molar-refractivity contribution is 7.93. The van der Waals surface area contributed by atoms with Gasteiger partial charge in [-0.1, -0.05) is 18.2 Å². The predicted molar refractivity (Wildman–Crippen MR) is 83.6 cm³/mol. The van der Waals surface area contributed by atoms with Crippen molar-refractivity contribution in [1.82, 2.24) is 15.0 Å². The van der Waals surface area contributed by atoms with Crippen LogP contribution in [0.3, 0.4) is 0 Å². The van der Waals surface area contributed by atoms with Crippen LogP contribution in [0, 0.1) is 0 Å². The average Bonchev–Trinajstić information content (AvgIpc) is 2.93. The zero-order chi connectivity index (χ0) is 19.1. The lowest BCUT2D eigenvalue weighted by Gasteiger charge is -2.17. The highest BCUT2D eigenvalue weighted by atomic mass is 32.2. The molecular formula is C14H12F2N4O5S. The lowest BCUT2D eigenvalue weighted by Crippen LogP contribution is -2.39. The van der Waals surface area contributed by atoms with Crippen molar-refractivity contribution < 1.29 is 31.5 Å². The Hall–Kier alpha value is -2.89. The number of rotatable bonds is 5. The number of hydrogen-bond donors (Lipinski definition) is 0. The maximum atomic E-state index is 13.0. The van der Waals surface area contributed by atoms with Gasteiger partial charge in [0, 0.05) is 0 Å². The van der Waals surface area contributed by atoms with Gasteiger partial charge in [-0.2, -0.15) is 27.2 Å². The third-order valence-electron chi connectivity index (χ3n) is 3.63. The number of sulfonamides is 1. The molecule has 0 saturated carbocycles. The van der Waals surface area contributed by atoms with Crippen LogP contribution < -0.4 is 13.8 Å². The van der Waals surface area contributed by atoms with E-state index in [2.05, 4.69) is 15.0 Å². The number of halogens is 2. The summed E-state index contributed by atoms with van der Waals surface area (Å²) in [7, 11) is -2.65. The Kier molecular flexibility index (Phi) is 4.44. The minimum absolute atomic E-state index is 0.0837. The van der Waals surface area contributed by atoms with Crippen molar-refractivity contribution in [3.8, 4) is 12.0 Å². The molecule has 0 aliphatic carbocycles. The number of aromatic nitrogens is 3. The molecule has 3 rings (SSSR count). The van der Waals surface area contributed by atoms with Crippen LogP contribution in [0.1, 0.15) is 17.3 Å². The highest BCUT2D eigenvalue weighted by Gasteiger charge is 2.49. The van der Waals surface area contributed by atoms with E-state index in [1.807, 2.05) is 0 Å². The first-order valence-corrected chi connectivity index (χ1v) is 8.60. The van der Waals surface area contributed by atoms with Gasteiger partial charge in [-0.3, -0.25) is 4.79 Å². The molecule has 0 radical (unpaired) electrons. The van der Waals surface area contributed by atoms with Crippen molar-refractivity contribution in [3.63, 3.8) is 0 Å². The van der Waals surface area contributed by atoms with Crippen LogP contribution in [-0.2, 0) is 14.8 Å². The number of nitrogens with zero attached hydrogens (tertiary/aromatic N) is 4. The Morgan fingerprint density at radius 1 is 1.08 bits per heavy atom. The lowest BCUT2D eigenvalue weighted by molar-refractivity contribution is -0.117. The topological polar surface area (TPSA) is 112 Å². The van der Waals surface area contributed by atoms with E-state index >= 15 is 0 Å². The molecule has 1 atom stereocenters. The number of hydrogen-bond acceptors (Lipinski definition) is 8. The summed E-state index contributed by atoms with van der Waals surface area (Å²) in [5.41, 5.74) is -0.0156. The zero-order valence-electron chi connectivity index (χ0n) is 13.5. The zero-order valence-corrected chi connectivity index (χ0v) is 14.3. The fraction of sp³-hybridized carbons (Fsp3) is 0.286. The molecule has 1 unspecified atom stereocenters. The maximum Gasteiger partial charge on any atom is 0.355 e. The molecule has 0 N–H and O–H groups in total. The Labute approximate surface area is 146 Å². The summed E-state index contributed by atoms with van der Waals surface area (Å²) in [6.07, 6.45) is 0. The van der Waals surface area contributed by atoms with Crippen LogP contribution in [0.4, 0.5) is 14.5 Å². The molecule has 9 nitrogen and oxygen atoms in total. The van der Waals surface area contributed by atoms with E-state index in [4.69, 9.17) is 9.47 Å². The van der Waals surface area contributed by atoms with Crippen molar-refractivity contribution in [2.75, 3.05) is 18.5 Å². The number of benzene rings is 1. The summed E-state index contributed by atoms with van der Waals surface area (Å²) in [6, 6.07) is 5.30. The van der Waals surface area contributed by atoms with Crippen LogP contribution in [-0.4, -0.2) is 49.3 Å². The van der Waals surface area contributed by atoms with Crippen molar-refractivity contribution in [1.29, 1.82) is 0 Å². The molecule has 2 heterocycles. The van der Waals surface area contributed by atoms with E-state index in [1.165, 1.54) is 38.5 Å². The molecule has 0 bridgehead atoms. The monoisotopic (exact) mass is 386 g/mol. The van der Waals surface area contributed by atoms with E-state index in [1.54, 1.807) is 0 Å². The summed E-state index contributed by atoms with van der Waals surface area (Å²) < 4.78 is 59.9. The number of methoxy groups -OCH3 is 2. The smallest absolute Gasteiger partial charge is 0.355 e. The highest BCUT2D eigenvalue weighted by Crippen LogP contribution is 2.42. The minimum Gasteiger partial charge on any atom is -0.467 e.